The van der Waals surface area contributed by atoms with E-state index in [0.717, 1.165) is 37.2 Å². The van der Waals surface area contributed by atoms with Crippen molar-refractivity contribution in [2.24, 2.45) is 5.92 Å². The van der Waals surface area contributed by atoms with Crippen LogP contribution in [0.5, 0.6) is 11.5 Å². The van der Waals surface area contributed by atoms with Gasteiger partial charge in [0.05, 0.1) is 20.1 Å². The topological polar surface area (TPSA) is 71.1 Å². The molecule has 2 aliphatic rings. The van der Waals surface area contributed by atoms with E-state index in [2.05, 4.69) is 5.32 Å². The molecule has 2 atom stereocenters. The minimum Gasteiger partial charge on any atom is -0.497 e. The van der Waals surface area contributed by atoms with Crippen LogP contribution in [0.2, 0.25) is 0 Å². The fourth-order valence-corrected chi connectivity index (χ4v) is 4.41. The van der Waals surface area contributed by atoms with Gasteiger partial charge in [-0.1, -0.05) is 0 Å². The van der Waals surface area contributed by atoms with Crippen molar-refractivity contribution in [1.29, 1.82) is 0 Å². The van der Waals surface area contributed by atoms with Crippen LogP contribution in [0.1, 0.15) is 51.5 Å². The van der Waals surface area contributed by atoms with Crippen LogP contribution in [0.25, 0.3) is 0 Å². The molecule has 0 aromatic heterocycles. The highest BCUT2D eigenvalue weighted by atomic mass is 16.5. The van der Waals surface area contributed by atoms with Crippen molar-refractivity contribution in [1.82, 2.24) is 15.1 Å². The summed E-state index contributed by atoms with van der Waals surface area (Å²) in [6.07, 6.45) is 3.25. The molecule has 0 radical (unpaired) electrons. The zero-order valence-electron chi connectivity index (χ0n) is 18.9. The van der Waals surface area contributed by atoms with Crippen LogP contribution < -0.4 is 14.8 Å². The molecule has 166 valence electrons. The molecule has 1 aromatic carbocycles. The van der Waals surface area contributed by atoms with Crippen molar-refractivity contribution in [3.63, 3.8) is 0 Å². The zero-order chi connectivity index (χ0) is 21.9. The lowest BCUT2D eigenvalue weighted by atomic mass is 9.86. The van der Waals surface area contributed by atoms with Crippen molar-refractivity contribution >= 4 is 11.9 Å². The average Bonchev–Trinajstić information content (AvgIpc) is 3.17. The Morgan fingerprint density at radius 1 is 1.00 bits per heavy atom. The van der Waals surface area contributed by atoms with E-state index in [1.54, 1.807) is 19.1 Å². The highest BCUT2D eigenvalue weighted by Crippen LogP contribution is 2.40. The Morgan fingerprint density at radius 2 is 1.70 bits per heavy atom. The zero-order valence-corrected chi connectivity index (χ0v) is 18.9. The van der Waals surface area contributed by atoms with Crippen LogP contribution in [0.15, 0.2) is 18.2 Å². The summed E-state index contributed by atoms with van der Waals surface area (Å²) in [5.41, 5.74) is 0.577. The summed E-state index contributed by atoms with van der Waals surface area (Å²) >= 11 is 0. The first kappa shape index (κ1) is 22.2. The number of rotatable bonds is 4. The Bertz CT molecular complexity index is 768. The molecule has 2 saturated heterocycles. The molecule has 3 amide bonds. The second-order valence-electron chi connectivity index (χ2n) is 9.29. The van der Waals surface area contributed by atoms with E-state index in [1.807, 2.05) is 43.9 Å². The first-order valence-corrected chi connectivity index (χ1v) is 10.8. The molecular formula is C23H35N3O4. The molecular weight excluding hydrogens is 382 g/mol. The summed E-state index contributed by atoms with van der Waals surface area (Å²) in [5, 5.41) is 3.03. The Hall–Kier alpha value is -2.44. The Morgan fingerprint density at radius 3 is 2.30 bits per heavy atom. The first-order valence-electron chi connectivity index (χ1n) is 10.8. The van der Waals surface area contributed by atoms with Gasteiger partial charge < -0.3 is 24.6 Å². The number of carbonyl (C=O) groups is 2. The molecule has 2 aliphatic heterocycles. The fourth-order valence-electron chi connectivity index (χ4n) is 4.41. The van der Waals surface area contributed by atoms with E-state index in [1.165, 1.54) is 6.42 Å². The number of carbonyl (C=O) groups excluding carboxylic acids is 2. The maximum absolute atomic E-state index is 13.5. The summed E-state index contributed by atoms with van der Waals surface area (Å²) in [6.45, 7) is 8.34. The number of piperidine rings is 1. The molecule has 1 N–H and O–H groups in total. The molecule has 0 spiro atoms. The number of hydrogen-bond donors (Lipinski definition) is 1. The maximum atomic E-state index is 13.5. The molecule has 3 rings (SSSR count). The summed E-state index contributed by atoms with van der Waals surface area (Å²) in [4.78, 5) is 30.1. The number of methoxy groups -OCH3 is 2. The lowest BCUT2D eigenvalue weighted by molar-refractivity contribution is -0.136. The lowest BCUT2D eigenvalue weighted by Gasteiger charge is -2.31. The van der Waals surface area contributed by atoms with Gasteiger partial charge >= 0.3 is 6.03 Å². The van der Waals surface area contributed by atoms with E-state index in [-0.39, 0.29) is 29.3 Å². The number of urea groups is 1. The quantitative estimate of drug-likeness (QED) is 0.816. The van der Waals surface area contributed by atoms with Crippen LogP contribution in [0.3, 0.4) is 0 Å². The van der Waals surface area contributed by atoms with Crippen molar-refractivity contribution in [3.8, 4) is 11.5 Å². The van der Waals surface area contributed by atoms with E-state index in [9.17, 15) is 9.59 Å². The van der Waals surface area contributed by atoms with Gasteiger partial charge in [-0.05, 0) is 58.2 Å². The molecule has 0 saturated carbocycles. The van der Waals surface area contributed by atoms with Gasteiger partial charge in [0.25, 0.3) is 0 Å². The van der Waals surface area contributed by atoms with Crippen LogP contribution in [0.4, 0.5) is 4.79 Å². The minimum absolute atomic E-state index is 0.135. The molecule has 0 bridgehead atoms. The highest BCUT2D eigenvalue weighted by molar-refractivity contribution is 5.83. The van der Waals surface area contributed by atoms with Gasteiger partial charge in [-0.25, -0.2) is 4.79 Å². The van der Waals surface area contributed by atoms with Gasteiger partial charge in [0.2, 0.25) is 5.91 Å². The van der Waals surface area contributed by atoms with Crippen molar-refractivity contribution < 1.29 is 19.1 Å². The van der Waals surface area contributed by atoms with Crippen LogP contribution in [-0.4, -0.2) is 67.7 Å². The molecule has 1 aromatic rings. The monoisotopic (exact) mass is 417 g/mol. The molecule has 7 heteroatoms. The van der Waals surface area contributed by atoms with Crippen molar-refractivity contribution in [3.05, 3.63) is 23.8 Å². The van der Waals surface area contributed by atoms with Crippen molar-refractivity contribution in [2.75, 3.05) is 40.4 Å². The highest BCUT2D eigenvalue weighted by Gasteiger charge is 2.43. The number of nitrogens with one attached hydrogen (secondary N) is 1. The molecule has 0 aliphatic carbocycles. The third-order valence-electron chi connectivity index (χ3n) is 5.91. The SMILES string of the molecule is COc1ccc(OC)c([C@H]2CN(C(=O)NC(C)(C)C)C[C@H]2C(=O)N2CCCCC2)c1. The number of ether oxygens (including phenoxy) is 2. The Kier molecular flexibility index (Phi) is 6.78. The first-order chi connectivity index (χ1) is 14.2. The number of amides is 3. The minimum atomic E-state index is -0.338. The summed E-state index contributed by atoms with van der Waals surface area (Å²) in [6, 6.07) is 5.52. The van der Waals surface area contributed by atoms with Crippen LogP contribution in [0, 0.1) is 5.92 Å². The molecule has 7 nitrogen and oxygen atoms in total. The lowest BCUT2D eigenvalue weighted by Crippen LogP contribution is -2.48. The van der Waals surface area contributed by atoms with Crippen LogP contribution in [-0.2, 0) is 4.79 Å². The second-order valence-corrected chi connectivity index (χ2v) is 9.29. The molecule has 30 heavy (non-hydrogen) atoms. The van der Waals surface area contributed by atoms with E-state index in [0.29, 0.717) is 18.8 Å². The second kappa shape index (κ2) is 9.14. The number of likely N-dealkylation sites (tertiary alicyclic amines) is 2. The third kappa shape index (κ3) is 4.99. The third-order valence-corrected chi connectivity index (χ3v) is 5.91. The Balaban J connectivity index is 1.92. The largest absolute Gasteiger partial charge is 0.497 e. The Labute approximate surface area is 179 Å². The standard InChI is InChI=1S/C23H35N3O4/c1-23(2,3)24-22(28)26-14-18(17-13-16(29-4)9-10-20(17)30-5)19(15-26)21(27)25-11-7-6-8-12-25/h9-10,13,18-19H,6-8,11-12,14-15H2,1-5H3,(H,24,28)/t18-,19-/m1/s1. The van der Waals surface area contributed by atoms with E-state index >= 15 is 0 Å². The normalized spacial score (nSPS) is 22.0. The van der Waals surface area contributed by atoms with Crippen molar-refractivity contribution in [2.45, 2.75) is 51.5 Å². The molecule has 0 unspecified atom stereocenters. The van der Waals surface area contributed by atoms with Crippen LogP contribution >= 0.6 is 0 Å². The van der Waals surface area contributed by atoms with Gasteiger partial charge in [0.1, 0.15) is 11.5 Å². The fraction of sp³-hybridized carbons (Fsp3) is 0.652. The van der Waals surface area contributed by atoms with E-state index in [4.69, 9.17) is 9.47 Å². The van der Waals surface area contributed by atoms with Gasteiger partial charge in [-0.2, -0.15) is 0 Å². The number of benzene rings is 1. The summed E-state index contributed by atoms with van der Waals surface area (Å²) in [5.74, 6) is 1.13. The van der Waals surface area contributed by atoms with Gasteiger partial charge in [-0.3, -0.25) is 4.79 Å². The summed E-state index contributed by atoms with van der Waals surface area (Å²) < 4.78 is 11.0. The van der Waals surface area contributed by atoms with E-state index < -0.39 is 0 Å². The maximum Gasteiger partial charge on any atom is 0.317 e. The number of hydrogen-bond acceptors (Lipinski definition) is 4. The molecule has 2 fully saturated rings. The predicted molar refractivity (Wildman–Crippen MR) is 116 cm³/mol. The average molecular weight is 418 g/mol. The predicted octanol–water partition coefficient (Wildman–Crippen LogP) is 3.24. The smallest absolute Gasteiger partial charge is 0.317 e. The van der Waals surface area contributed by atoms with Gasteiger partial charge in [0.15, 0.2) is 0 Å². The van der Waals surface area contributed by atoms with Gasteiger partial charge in [-0.15, -0.1) is 0 Å². The van der Waals surface area contributed by atoms with Gasteiger partial charge in [0, 0.05) is 43.2 Å². The molecule has 2 heterocycles. The number of nitrogens with zero attached hydrogens (tertiary/aromatic N) is 2. The summed E-state index contributed by atoms with van der Waals surface area (Å²) in [7, 11) is 3.26.